The van der Waals surface area contributed by atoms with Crippen LogP contribution in [0.3, 0.4) is 0 Å². The van der Waals surface area contributed by atoms with Gasteiger partial charge in [0.25, 0.3) is 5.91 Å². The fourth-order valence-corrected chi connectivity index (χ4v) is 2.23. The van der Waals surface area contributed by atoms with E-state index in [1.807, 2.05) is 12.1 Å². The molecule has 21 heavy (non-hydrogen) atoms. The second-order valence-corrected chi connectivity index (χ2v) is 5.29. The molecule has 0 saturated carbocycles. The normalized spacial score (nSPS) is 14.3. The Labute approximate surface area is 129 Å². The van der Waals surface area contributed by atoms with E-state index in [0.717, 1.165) is 10.0 Å². The Balaban J connectivity index is 2.15. The summed E-state index contributed by atoms with van der Waals surface area (Å²) < 4.78 is 10.8. The molecule has 0 aromatic heterocycles. The molecular formula is C14H14BrNO5. The van der Waals surface area contributed by atoms with Crippen LogP contribution in [0.15, 0.2) is 28.2 Å². The van der Waals surface area contributed by atoms with E-state index in [4.69, 9.17) is 9.84 Å². The van der Waals surface area contributed by atoms with E-state index in [0.29, 0.717) is 11.3 Å². The number of carbonyl (C=O) groups excluding carboxylic acids is 2. The smallest absolute Gasteiger partial charge is 0.330 e. The van der Waals surface area contributed by atoms with E-state index in [-0.39, 0.29) is 6.61 Å². The van der Waals surface area contributed by atoms with Crippen LogP contribution >= 0.6 is 15.9 Å². The highest BCUT2D eigenvalue weighted by atomic mass is 79.9. The minimum Gasteiger partial charge on any atom is -0.488 e. The molecule has 1 heterocycles. The molecule has 2 rings (SSSR count). The lowest BCUT2D eigenvalue weighted by molar-refractivity contribution is -0.145. The SMILES string of the molecule is COC(=O)C(CO)NC(=O)C1=Cc2cc(Br)ccc2OC1. The lowest BCUT2D eigenvalue weighted by Gasteiger charge is -2.19. The number of esters is 1. The number of methoxy groups -OCH3 is 1. The van der Waals surface area contributed by atoms with Crippen molar-refractivity contribution in [3.8, 4) is 5.75 Å². The van der Waals surface area contributed by atoms with Gasteiger partial charge in [-0.2, -0.15) is 0 Å². The van der Waals surface area contributed by atoms with Gasteiger partial charge in [-0.25, -0.2) is 4.79 Å². The summed E-state index contributed by atoms with van der Waals surface area (Å²) in [5, 5.41) is 11.5. The molecule has 2 N–H and O–H groups in total. The van der Waals surface area contributed by atoms with Gasteiger partial charge in [-0.1, -0.05) is 15.9 Å². The number of hydrogen-bond donors (Lipinski definition) is 2. The predicted octanol–water partition coefficient (Wildman–Crippen LogP) is 0.875. The summed E-state index contributed by atoms with van der Waals surface area (Å²) in [5.74, 6) is -0.502. The van der Waals surface area contributed by atoms with Crippen molar-refractivity contribution in [3.63, 3.8) is 0 Å². The second kappa shape index (κ2) is 6.73. The number of fused-ring (bicyclic) bond motifs is 1. The van der Waals surface area contributed by atoms with Gasteiger partial charge in [0, 0.05) is 10.0 Å². The molecule has 0 aliphatic carbocycles. The average Bonchev–Trinajstić information content (AvgIpc) is 2.50. The summed E-state index contributed by atoms with van der Waals surface area (Å²) in [7, 11) is 1.19. The first-order chi connectivity index (χ1) is 10.0. The van der Waals surface area contributed by atoms with Gasteiger partial charge in [0.1, 0.15) is 12.4 Å². The standard InChI is InChI=1S/C14H14BrNO5/c1-20-14(19)11(6-17)16-13(18)9-4-8-5-10(15)2-3-12(8)21-7-9/h2-5,11,17H,6-7H2,1H3,(H,16,18). The summed E-state index contributed by atoms with van der Waals surface area (Å²) in [6.07, 6.45) is 1.69. The van der Waals surface area contributed by atoms with Gasteiger partial charge < -0.3 is 19.9 Å². The largest absolute Gasteiger partial charge is 0.488 e. The lowest BCUT2D eigenvalue weighted by Crippen LogP contribution is -2.45. The Kier molecular flexibility index (Phi) is 4.98. The van der Waals surface area contributed by atoms with Crippen molar-refractivity contribution in [3.05, 3.63) is 33.8 Å². The van der Waals surface area contributed by atoms with Crippen molar-refractivity contribution in [2.45, 2.75) is 6.04 Å². The maximum atomic E-state index is 12.1. The highest BCUT2D eigenvalue weighted by molar-refractivity contribution is 9.10. The van der Waals surface area contributed by atoms with Crippen LogP contribution in [0.25, 0.3) is 6.08 Å². The highest BCUT2D eigenvalue weighted by Gasteiger charge is 2.24. The summed E-state index contributed by atoms with van der Waals surface area (Å²) in [6, 6.07) is 4.38. The Morgan fingerprint density at radius 2 is 2.29 bits per heavy atom. The molecule has 1 aromatic rings. The molecule has 0 radical (unpaired) electrons. The molecule has 1 unspecified atom stereocenters. The second-order valence-electron chi connectivity index (χ2n) is 4.37. The van der Waals surface area contributed by atoms with E-state index in [2.05, 4.69) is 26.0 Å². The molecular weight excluding hydrogens is 342 g/mol. The van der Waals surface area contributed by atoms with Crippen molar-refractivity contribution in [1.82, 2.24) is 5.32 Å². The van der Waals surface area contributed by atoms with E-state index < -0.39 is 24.5 Å². The zero-order valence-corrected chi connectivity index (χ0v) is 12.8. The van der Waals surface area contributed by atoms with Crippen molar-refractivity contribution in [1.29, 1.82) is 0 Å². The highest BCUT2D eigenvalue weighted by Crippen LogP contribution is 2.29. The third kappa shape index (κ3) is 3.62. The maximum absolute atomic E-state index is 12.1. The number of benzene rings is 1. The van der Waals surface area contributed by atoms with E-state index >= 15 is 0 Å². The molecule has 1 amide bonds. The molecule has 1 aliphatic heterocycles. The molecule has 112 valence electrons. The van der Waals surface area contributed by atoms with E-state index in [9.17, 15) is 9.59 Å². The molecule has 7 heteroatoms. The topological polar surface area (TPSA) is 84.9 Å². The predicted molar refractivity (Wildman–Crippen MR) is 78.6 cm³/mol. The van der Waals surface area contributed by atoms with Crippen LogP contribution in [0.5, 0.6) is 5.75 Å². The minimum absolute atomic E-state index is 0.0970. The van der Waals surface area contributed by atoms with Crippen molar-refractivity contribution >= 4 is 33.9 Å². The molecule has 0 bridgehead atoms. The van der Waals surface area contributed by atoms with Crippen LogP contribution in [0.2, 0.25) is 0 Å². The maximum Gasteiger partial charge on any atom is 0.330 e. The molecule has 0 fully saturated rings. The first-order valence-electron chi connectivity index (χ1n) is 6.17. The summed E-state index contributed by atoms with van der Waals surface area (Å²) in [4.78, 5) is 23.4. The number of amides is 1. The number of carbonyl (C=O) groups is 2. The fourth-order valence-electron chi connectivity index (χ4n) is 1.85. The van der Waals surface area contributed by atoms with Crippen LogP contribution in [-0.4, -0.2) is 43.3 Å². The van der Waals surface area contributed by atoms with Crippen LogP contribution in [0, 0.1) is 0 Å². The third-order valence-corrected chi connectivity index (χ3v) is 3.44. The van der Waals surface area contributed by atoms with Gasteiger partial charge in [-0.15, -0.1) is 0 Å². The molecule has 0 spiro atoms. The Bertz CT molecular complexity index is 599. The van der Waals surface area contributed by atoms with E-state index in [1.54, 1.807) is 12.1 Å². The number of rotatable bonds is 4. The Hall–Kier alpha value is -1.86. The van der Waals surface area contributed by atoms with Crippen LogP contribution in [0.4, 0.5) is 0 Å². The molecule has 6 nitrogen and oxygen atoms in total. The molecule has 1 atom stereocenters. The first-order valence-corrected chi connectivity index (χ1v) is 6.97. The number of aliphatic hydroxyl groups is 1. The van der Waals surface area contributed by atoms with Crippen molar-refractivity contribution < 1.29 is 24.2 Å². The van der Waals surface area contributed by atoms with Crippen molar-refractivity contribution in [2.24, 2.45) is 0 Å². The van der Waals surface area contributed by atoms with Crippen LogP contribution < -0.4 is 10.1 Å². The van der Waals surface area contributed by atoms with Gasteiger partial charge in [-0.05, 0) is 24.3 Å². The van der Waals surface area contributed by atoms with Gasteiger partial charge >= 0.3 is 5.97 Å². The summed E-state index contributed by atoms with van der Waals surface area (Å²) >= 11 is 3.35. The number of nitrogens with one attached hydrogen (secondary N) is 1. The summed E-state index contributed by atoms with van der Waals surface area (Å²) in [5.41, 5.74) is 1.13. The van der Waals surface area contributed by atoms with Crippen LogP contribution in [0.1, 0.15) is 5.56 Å². The van der Waals surface area contributed by atoms with Gasteiger partial charge in [0.2, 0.25) is 0 Å². The van der Waals surface area contributed by atoms with Gasteiger partial charge in [0.15, 0.2) is 6.04 Å². The third-order valence-electron chi connectivity index (χ3n) is 2.95. The van der Waals surface area contributed by atoms with Crippen LogP contribution in [-0.2, 0) is 14.3 Å². The van der Waals surface area contributed by atoms with Gasteiger partial charge in [-0.3, -0.25) is 4.79 Å². The average molecular weight is 356 g/mol. The Morgan fingerprint density at radius 1 is 1.52 bits per heavy atom. The monoisotopic (exact) mass is 355 g/mol. The zero-order valence-electron chi connectivity index (χ0n) is 11.3. The quantitative estimate of drug-likeness (QED) is 0.783. The number of hydrogen-bond acceptors (Lipinski definition) is 5. The zero-order chi connectivity index (χ0) is 15.4. The fraction of sp³-hybridized carbons (Fsp3) is 0.286. The molecule has 0 saturated heterocycles. The van der Waals surface area contributed by atoms with Crippen molar-refractivity contribution in [2.75, 3.05) is 20.3 Å². The van der Waals surface area contributed by atoms with Gasteiger partial charge in [0.05, 0.1) is 19.3 Å². The first kappa shape index (κ1) is 15.5. The number of halogens is 1. The van der Waals surface area contributed by atoms with E-state index in [1.165, 1.54) is 7.11 Å². The lowest BCUT2D eigenvalue weighted by atomic mass is 10.1. The number of ether oxygens (including phenoxy) is 2. The number of aliphatic hydroxyl groups excluding tert-OH is 1. The minimum atomic E-state index is -1.09. The molecule has 1 aliphatic rings. The summed E-state index contributed by atoms with van der Waals surface area (Å²) in [6.45, 7) is -0.436. The molecule has 1 aromatic carbocycles. The Morgan fingerprint density at radius 3 is 2.95 bits per heavy atom.